The number of ether oxygens (including phenoxy) is 2. The van der Waals surface area contributed by atoms with Gasteiger partial charge in [-0.25, -0.2) is 0 Å². The van der Waals surface area contributed by atoms with Crippen LogP contribution in [0.3, 0.4) is 0 Å². The highest BCUT2D eigenvalue weighted by atomic mass is 16.7. The van der Waals surface area contributed by atoms with E-state index in [0.717, 1.165) is 18.7 Å². The Kier molecular flexibility index (Phi) is 2.87. The quantitative estimate of drug-likeness (QED) is 0.775. The van der Waals surface area contributed by atoms with Crippen molar-refractivity contribution in [3.05, 3.63) is 35.9 Å². The van der Waals surface area contributed by atoms with Crippen molar-refractivity contribution in [2.45, 2.75) is 19.6 Å². The van der Waals surface area contributed by atoms with Crippen LogP contribution in [0.25, 0.3) is 0 Å². The minimum Gasteiger partial charge on any atom is -0.350 e. The molecule has 0 atom stereocenters. The Morgan fingerprint density at radius 2 is 1.68 bits per heavy atom. The van der Waals surface area contributed by atoms with Crippen molar-refractivity contribution in [2.24, 2.45) is 5.41 Å². The predicted molar refractivity (Wildman–Crippen MR) is 70.8 cm³/mol. The number of carbonyl (C=O) groups excluding carboxylic acids is 1. The smallest absolute Gasteiger partial charge is 0.253 e. The van der Waals surface area contributed by atoms with Crippen LogP contribution in [0.5, 0.6) is 0 Å². The van der Waals surface area contributed by atoms with Gasteiger partial charge in [-0.05, 0) is 26.0 Å². The first-order valence-electron chi connectivity index (χ1n) is 6.62. The van der Waals surface area contributed by atoms with E-state index in [0.29, 0.717) is 13.2 Å². The highest BCUT2D eigenvalue weighted by Gasteiger charge is 2.50. The normalized spacial score (nSPS) is 24.0. The van der Waals surface area contributed by atoms with Gasteiger partial charge in [0.15, 0.2) is 5.79 Å². The van der Waals surface area contributed by atoms with Crippen molar-refractivity contribution in [1.29, 1.82) is 0 Å². The maximum Gasteiger partial charge on any atom is 0.253 e. The molecule has 2 fully saturated rings. The molecular formula is C15H19NO3. The molecule has 1 aromatic rings. The molecule has 0 aliphatic carbocycles. The monoisotopic (exact) mass is 261 g/mol. The molecule has 0 N–H and O–H groups in total. The first kappa shape index (κ1) is 12.6. The van der Waals surface area contributed by atoms with Crippen LogP contribution in [0.1, 0.15) is 24.2 Å². The highest BCUT2D eigenvalue weighted by molar-refractivity contribution is 5.94. The zero-order chi connectivity index (χ0) is 13.5. The molecule has 0 bridgehead atoms. The lowest BCUT2D eigenvalue weighted by Gasteiger charge is -2.54. The molecule has 1 aromatic carbocycles. The van der Waals surface area contributed by atoms with E-state index in [-0.39, 0.29) is 11.3 Å². The summed E-state index contributed by atoms with van der Waals surface area (Å²) in [5.41, 5.74) is 0.746. The summed E-state index contributed by atoms with van der Waals surface area (Å²) in [6.45, 7) is 6.61. The molecule has 4 nitrogen and oxygen atoms in total. The summed E-state index contributed by atoms with van der Waals surface area (Å²) in [4.78, 5) is 14.1. The zero-order valence-electron chi connectivity index (χ0n) is 11.4. The number of rotatable bonds is 1. The fourth-order valence-electron chi connectivity index (χ4n) is 2.59. The van der Waals surface area contributed by atoms with Gasteiger partial charge in [0, 0.05) is 18.7 Å². The Morgan fingerprint density at radius 1 is 1.11 bits per heavy atom. The SMILES string of the molecule is CC1(C)OCC2(CO1)CN(C(=O)c1ccccc1)C2. The summed E-state index contributed by atoms with van der Waals surface area (Å²) < 4.78 is 11.4. The molecule has 2 aliphatic rings. The topological polar surface area (TPSA) is 38.8 Å². The van der Waals surface area contributed by atoms with Crippen molar-refractivity contribution in [1.82, 2.24) is 4.90 Å². The third-order valence-electron chi connectivity index (χ3n) is 3.81. The summed E-state index contributed by atoms with van der Waals surface area (Å²) in [5, 5.41) is 0. The van der Waals surface area contributed by atoms with Crippen molar-refractivity contribution in [3.8, 4) is 0 Å². The van der Waals surface area contributed by atoms with Gasteiger partial charge in [0.25, 0.3) is 5.91 Å². The molecule has 1 amide bonds. The number of benzene rings is 1. The third kappa shape index (κ3) is 2.38. The fraction of sp³-hybridized carbons (Fsp3) is 0.533. The summed E-state index contributed by atoms with van der Waals surface area (Å²) in [6, 6.07) is 9.39. The van der Waals surface area contributed by atoms with Crippen LogP contribution < -0.4 is 0 Å². The Bertz CT molecular complexity index is 465. The second kappa shape index (κ2) is 4.32. The molecule has 2 aliphatic heterocycles. The lowest BCUT2D eigenvalue weighted by atomic mass is 9.80. The van der Waals surface area contributed by atoms with E-state index in [1.807, 2.05) is 49.1 Å². The Hall–Kier alpha value is -1.39. The van der Waals surface area contributed by atoms with Crippen LogP contribution in [0, 0.1) is 5.41 Å². The van der Waals surface area contributed by atoms with Crippen LogP contribution in [0.4, 0.5) is 0 Å². The van der Waals surface area contributed by atoms with E-state index in [1.165, 1.54) is 0 Å². The largest absolute Gasteiger partial charge is 0.350 e. The van der Waals surface area contributed by atoms with Crippen molar-refractivity contribution in [3.63, 3.8) is 0 Å². The van der Waals surface area contributed by atoms with Crippen LogP contribution in [-0.4, -0.2) is 42.9 Å². The van der Waals surface area contributed by atoms with Gasteiger partial charge in [-0.15, -0.1) is 0 Å². The minimum absolute atomic E-state index is 0.0000393. The average molecular weight is 261 g/mol. The van der Waals surface area contributed by atoms with Gasteiger partial charge in [0.1, 0.15) is 0 Å². The first-order valence-corrected chi connectivity index (χ1v) is 6.62. The van der Waals surface area contributed by atoms with Gasteiger partial charge < -0.3 is 14.4 Å². The second-order valence-corrected chi connectivity index (χ2v) is 6.00. The number of nitrogens with zero attached hydrogens (tertiary/aromatic N) is 1. The Labute approximate surface area is 113 Å². The molecule has 2 saturated heterocycles. The molecule has 102 valence electrons. The third-order valence-corrected chi connectivity index (χ3v) is 3.81. The molecule has 0 radical (unpaired) electrons. The molecule has 0 unspecified atom stereocenters. The molecule has 2 heterocycles. The van der Waals surface area contributed by atoms with E-state index in [2.05, 4.69) is 0 Å². The van der Waals surface area contributed by atoms with E-state index < -0.39 is 5.79 Å². The maximum atomic E-state index is 12.2. The van der Waals surface area contributed by atoms with Crippen molar-refractivity contribution in [2.75, 3.05) is 26.3 Å². The van der Waals surface area contributed by atoms with Gasteiger partial charge in [0.05, 0.1) is 18.6 Å². The molecule has 0 saturated carbocycles. The number of hydrogen-bond acceptors (Lipinski definition) is 3. The number of likely N-dealkylation sites (tertiary alicyclic amines) is 1. The van der Waals surface area contributed by atoms with E-state index in [9.17, 15) is 4.79 Å². The summed E-state index contributed by atoms with van der Waals surface area (Å²) in [5.74, 6) is -0.397. The lowest BCUT2D eigenvalue weighted by molar-refractivity contribution is -0.301. The van der Waals surface area contributed by atoms with Crippen LogP contribution in [0.15, 0.2) is 30.3 Å². The van der Waals surface area contributed by atoms with Crippen LogP contribution >= 0.6 is 0 Å². The van der Waals surface area contributed by atoms with Gasteiger partial charge in [-0.3, -0.25) is 4.79 Å². The van der Waals surface area contributed by atoms with Crippen LogP contribution in [0.2, 0.25) is 0 Å². The zero-order valence-corrected chi connectivity index (χ0v) is 11.4. The summed E-state index contributed by atoms with van der Waals surface area (Å²) >= 11 is 0. The van der Waals surface area contributed by atoms with E-state index >= 15 is 0 Å². The average Bonchev–Trinajstić information content (AvgIpc) is 2.37. The maximum absolute atomic E-state index is 12.2. The molecular weight excluding hydrogens is 242 g/mol. The number of amides is 1. The van der Waals surface area contributed by atoms with Crippen molar-refractivity contribution < 1.29 is 14.3 Å². The molecule has 1 spiro atoms. The van der Waals surface area contributed by atoms with E-state index in [1.54, 1.807) is 0 Å². The first-order chi connectivity index (χ1) is 9.00. The molecule has 0 aromatic heterocycles. The van der Waals surface area contributed by atoms with Gasteiger partial charge >= 0.3 is 0 Å². The van der Waals surface area contributed by atoms with Crippen molar-refractivity contribution >= 4 is 5.91 Å². The summed E-state index contributed by atoms with van der Waals surface area (Å²) in [7, 11) is 0. The van der Waals surface area contributed by atoms with Gasteiger partial charge in [-0.2, -0.15) is 0 Å². The Morgan fingerprint density at radius 3 is 2.26 bits per heavy atom. The molecule has 19 heavy (non-hydrogen) atoms. The van der Waals surface area contributed by atoms with Crippen LogP contribution in [-0.2, 0) is 9.47 Å². The van der Waals surface area contributed by atoms with Gasteiger partial charge in [-0.1, -0.05) is 18.2 Å². The van der Waals surface area contributed by atoms with Gasteiger partial charge in [0.2, 0.25) is 0 Å². The Balaban J connectivity index is 1.60. The minimum atomic E-state index is -0.491. The number of carbonyl (C=O) groups is 1. The molecule has 3 rings (SSSR count). The lowest BCUT2D eigenvalue weighted by Crippen LogP contribution is -2.65. The number of hydrogen-bond donors (Lipinski definition) is 0. The highest BCUT2D eigenvalue weighted by Crippen LogP contribution is 2.38. The molecule has 4 heteroatoms. The fourth-order valence-corrected chi connectivity index (χ4v) is 2.59. The van der Waals surface area contributed by atoms with E-state index in [4.69, 9.17) is 9.47 Å². The standard InChI is InChI=1S/C15H19NO3/c1-14(2)18-10-15(11-19-14)8-16(9-15)13(17)12-6-4-3-5-7-12/h3-7H,8-11H2,1-2H3. The second-order valence-electron chi connectivity index (χ2n) is 6.00. The predicted octanol–water partition coefficient (Wildman–Crippen LogP) is 1.91. The summed E-state index contributed by atoms with van der Waals surface area (Å²) in [6.07, 6.45) is 0.